The Kier molecular flexibility index (Phi) is 2.85. The Morgan fingerprint density at radius 2 is 1.78 bits per heavy atom. The van der Waals surface area contributed by atoms with Crippen LogP contribution >= 0.6 is 27.7 Å². The predicted molar refractivity (Wildman–Crippen MR) is 80.7 cm³/mol. The van der Waals surface area contributed by atoms with E-state index in [-0.39, 0.29) is 0 Å². The molecule has 88 valence electrons. The molecular formula is C15H10BrNS. The Hall–Kier alpha value is -1.37. The number of benzene rings is 2. The molecule has 0 fully saturated rings. The first kappa shape index (κ1) is 11.7. The van der Waals surface area contributed by atoms with Gasteiger partial charge in [0.1, 0.15) is 0 Å². The molecule has 0 spiro atoms. The lowest BCUT2D eigenvalue weighted by Gasteiger charge is -2.29. The summed E-state index contributed by atoms with van der Waals surface area (Å²) in [6.45, 7) is 0. The highest BCUT2D eigenvalue weighted by Gasteiger charge is 2.20. The highest BCUT2D eigenvalue weighted by Crippen LogP contribution is 2.48. The van der Waals surface area contributed by atoms with Crippen LogP contribution in [0.2, 0.25) is 0 Å². The van der Waals surface area contributed by atoms with E-state index < -0.39 is 0 Å². The minimum Gasteiger partial charge on any atom is -0.343 e. The van der Waals surface area contributed by atoms with Crippen LogP contribution in [0.15, 0.2) is 50.7 Å². The second-order valence-corrected chi connectivity index (χ2v) is 6.10. The van der Waals surface area contributed by atoms with Crippen molar-refractivity contribution in [2.45, 2.75) is 9.79 Å². The van der Waals surface area contributed by atoms with E-state index in [1.807, 2.05) is 6.07 Å². The summed E-state index contributed by atoms with van der Waals surface area (Å²) in [7, 11) is 2.08. The molecule has 0 radical (unpaired) electrons. The molecule has 0 amide bonds. The molecule has 1 aliphatic rings. The fourth-order valence-corrected chi connectivity index (χ4v) is 3.80. The summed E-state index contributed by atoms with van der Waals surface area (Å²) in [4.78, 5) is 4.65. The van der Waals surface area contributed by atoms with E-state index in [0.29, 0.717) is 0 Å². The average molecular weight is 316 g/mol. The molecule has 1 nitrogen and oxygen atoms in total. The van der Waals surface area contributed by atoms with Gasteiger partial charge in [-0.1, -0.05) is 33.6 Å². The zero-order chi connectivity index (χ0) is 12.7. The predicted octanol–water partition coefficient (Wildman–Crippen LogP) is 4.66. The third-order valence-electron chi connectivity index (χ3n) is 2.99. The second-order valence-electron chi connectivity index (χ2n) is 4.10. The molecule has 0 aromatic heterocycles. The molecule has 18 heavy (non-hydrogen) atoms. The van der Waals surface area contributed by atoms with Crippen LogP contribution in [0.4, 0.5) is 11.4 Å². The van der Waals surface area contributed by atoms with Gasteiger partial charge < -0.3 is 4.90 Å². The second kappa shape index (κ2) is 4.38. The van der Waals surface area contributed by atoms with E-state index in [0.717, 1.165) is 10.0 Å². The third-order valence-corrected chi connectivity index (χ3v) is 4.58. The van der Waals surface area contributed by atoms with Gasteiger partial charge in [0.05, 0.1) is 11.4 Å². The van der Waals surface area contributed by atoms with Crippen molar-refractivity contribution in [3.63, 3.8) is 0 Å². The van der Waals surface area contributed by atoms with Gasteiger partial charge in [0, 0.05) is 26.9 Å². The maximum Gasteiger partial charge on any atom is 0.0551 e. The maximum atomic E-state index is 5.46. The zero-order valence-corrected chi connectivity index (χ0v) is 12.2. The lowest BCUT2D eigenvalue weighted by Crippen LogP contribution is -2.14. The Morgan fingerprint density at radius 1 is 1.11 bits per heavy atom. The fraction of sp³-hybridized carbons (Fsp3) is 0.0667. The highest BCUT2D eigenvalue weighted by atomic mass is 79.9. The van der Waals surface area contributed by atoms with Gasteiger partial charge in [-0.2, -0.15) is 0 Å². The zero-order valence-electron chi connectivity index (χ0n) is 9.77. The van der Waals surface area contributed by atoms with Crippen LogP contribution in [0.5, 0.6) is 0 Å². The summed E-state index contributed by atoms with van der Waals surface area (Å²) in [5.74, 6) is 2.69. The number of anilines is 2. The number of terminal acetylenes is 1. The van der Waals surface area contributed by atoms with Crippen molar-refractivity contribution in [3.05, 3.63) is 46.4 Å². The largest absolute Gasteiger partial charge is 0.343 e. The standard InChI is InChI=1S/C15H10BrNS/c1-3-10-4-6-12-14(8-10)18-15-9-11(16)5-7-13(15)17(12)2/h1,4-9H,2H3. The molecule has 0 saturated heterocycles. The number of hydrogen-bond donors (Lipinski definition) is 0. The van der Waals surface area contributed by atoms with Crippen molar-refractivity contribution in [1.82, 2.24) is 0 Å². The van der Waals surface area contributed by atoms with Gasteiger partial charge in [-0.3, -0.25) is 0 Å². The molecule has 3 rings (SSSR count). The molecule has 0 unspecified atom stereocenters. The molecule has 0 aliphatic carbocycles. The van der Waals surface area contributed by atoms with Gasteiger partial charge in [0.25, 0.3) is 0 Å². The molecule has 0 bridgehead atoms. The van der Waals surface area contributed by atoms with Crippen LogP contribution < -0.4 is 4.90 Å². The van der Waals surface area contributed by atoms with E-state index in [2.05, 4.69) is 64.1 Å². The monoisotopic (exact) mass is 315 g/mol. The van der Waals surface area contributed by atoms with Crippen molar-refractivity contribution in [1.29, 1.82) is 0 Å². The molecule has 2 aromatic carbocycles. The minimum absolute atomic E-state index is 0.924. The number of rotatable bonds is 0. The van der Waals surface area contributed by atoms with Gasteiger partial charge in [0.15, 0.2) is 0 Å². The topological polar surface area (TPSA) is 3.24 Å². The molecule has 0 atom stereocenters. The summed E-state index contributed by atoms with van der Waals surface area (Å²) in [6, 6.07) is 12.5. The van der Waals surface area contributed by atoms with Gasteiger partial charge in [-0.05, 0) is 36.4 Å². The quantitative estimate of drug-likeness (QED) is 0.650. The Labute approximate surface area is 119 Å². The van der Waals surface area contributed by atoms with Gasteiger partial charge in [-0.15, -0.1) is 6.42 Å². The van der Waals surface area contributed by atoms with E-state index in [1.54, 1.807) is 11.8 Å². The molecular weight excluding hydrogens is 306 g/mol. The molecule has 2 aromatic rings. The SMILES string of the molecule is C#Cc1ccc2c(c1)Sc1cc(Br)ccc1N2C. The van der Waals surface area contributed by atoms with Crippen LogP contribution in [0, 0.1) is 12.3 Å². The van der Waals surface area contributed by atoms with Crippen molar-refractivity contribution in [2.75, 3.05) is 11.9 Å². The Bertz CT molecular complexity index is 673. The summed E-state index contributed by atoms with van der Waals surface area (Å²) in [5, 5.41) is 0. The van der Waals surface area contributed by atoms with Gasteiger partial charge in [-0.25, -0.2) is 0 Å². The molecule has 1 heterocycles. The molecule has 0 saturated carbocycles. The number of halogens is 1. The lowest BCUT2D eigenvalue weighted by molar-refractivity contribution is 1.11. The van der Waals surface area contributed by atoms with Crippen LogP contribution in [-0.4, -0.2) is 7.05 Å². The van der Waals surface area contributed by atoms with Crippen LogP contribution in [0.3, 0.4) is 0 Å². The van der Waals surface area contributed by atoms with E-state index >= 15 is 0 Å². The van der Waals surface area contributed by atoms with Crippen LogP contribution in [0.25, 0.3) is 0 Å². The molecule has 1 aliphatic heterocycles. The van der Waals surface area contributed by atoms with Gasteiger partial charge >= 0.3 is 0 Å². The first-order valence-electron chi connectivity index (χ1n) is 5.51. The number of fused-ring (bicyclic) bond motifs is 2. The number of hydrogen-bond acceptors (Lipinski definition) is 2. The Morgan fingerprint density at radius 3 is 2.50 bits per heavy atom. The highest BCUT2D eigenvalue weighted by molar-refractivity contribution is 9.10. The average Bonchev–Trinajstić information content (AvgIpc) is 2.38. The van der Waals surface area contributed by atoms with E-state index in [1.165, 1.54) is 21.2 Å². The first-order chi connectivity index (χ1) is 8.69. The van der Waals surface area contributed by atoms with E-state index in [9.17, 15) is 0 Å². The van der Waals surface area contributed by atoms with Crippen molar-refractivity contribution in [3.8, 4) is 12.3 Å². The summed E-state index contributed by atoms with van der Waals surface area (Å²) >= 11 is 5.28. The first-order valence-corrected chi connectivity index (χ1v) is 7.12. The normalized spacial score (nSPS) is 12.6. The fourth-order valence-electron chi connectivity index (χ4n) is 2.06. The summed E-state index contributed by atoms with van der Waals surface area (Å²) in [5.41, 5.74) is 3.35. The van der Waals surface area contributed by atoms with E-state index in [4.69, 9.17) is 6.42 Å². The molecule has 0 N–H and O–H groups in total. The smallest absolute Gasteiger partial charge is 0.0551 e. The third kappa shape index (κ3) is 1.82. The summed E-state index contributed by atoms with van der Waals surface area (Å²) in [6.07, 6.45) is 5.46. The van der Waals surface area contributed by atoms with Crippen molar-refractivity contribution in [2.24, 2.45) is 0 Å². The minimum atomic E-state index is 0.924. The van der Waals surface area contributed by atoms with Crippen molar-refractivity contribution >= 4 is 39.1 Å². The number of nitrogens with zero attached hydrogens (tertiary/aromatic N) is 1. The summed E-state index contributed by atoms with van der Waals surface area (Å²) < 4.78 is 1.10. The van der Waals surface area contributed by atoms with Crippen molar-refractivity contribution < 1.29 is 0 Å². The lowest BCUT2D eigenvalue weighted by atomic mass is 10.2. The Balaban J connectivity index is 2.16. The van der Waals surface area contributed by atoms with Crippen LogP contribution in [-0.2, 0) is 0 Å². The van der Waals surface area contributed by atoms with Crippen LogP contribution in [0.1, 0.15) is 5.56 Å². The molecule has 3 heteroatoms. The van der Waals surface area contributed by atoms with Gasteiger partial charge in [0.2, 0.25) is 0 Å². The maximum absolute atomic E-state index is 5.46.